The molecule has 3 aromatic rings. The summed E-state index contributed by atoms with van der Waals surface area (Å²) in [4.78, 5) is 24.0. The fourth-order valence-corrected chi connectivity index (χ4v) is 2.60. The van der Waals surface area contributed by atoms with Crippen molar-refractivity contribution >= 4 is 11.6 Å². The van der Waals surface area contributed by atoms with Crippen LogP contribution in [0.2, 0.25) is 0 Å². The average molecular weight is 413 g/mol. The van der Waals surface area contributed by atoms with Crippen LogP contribution in [-0.2, 0) is 17.5 Å². The van der Waals surface area contributed by atoms with E-state index in [2.05, 4.69) is 5.32 Å². The van der Waals surface area contributed by atoms with Gasteiger partial charge < -0.3 is 14.6 Å². The van der Waals surface area contributed by atoms with Crippen LogP contribution in [0.3, 0.4) is 0 Å². The van der Waals surface area contributed by atoms with E-state index in [0.29, 0.717) is 33.4 Å². The van der Waals surface area contributed by atoms with Crippen molar-refractivity contribution in [3.63, 3.8) is 0 Å². The summed E-state index contributed by atoms with van der Waals surface area (Å²) in [7, 11) is 0. The SMILES string of the molecule is N#Cc1cccc(Oc2ccc(NC(=O)Cn3cccc(C(F)(F)F)c3=O)cc2)c1. The van der Waals surface area contributed by atoms with E-state index >= 15 is 0 Å². The first-order valence-corrected chi connectivity index (χ1v) is 8.61. The molecule has 2 aromatic carbocycles. The Bertz CT molecular complexity index is 1160. The van der Waals surface area contributed by atoms with Crippen molar-refractivity contribution in [2.24, 2.45) is 0 Å². The highest BCUT2D eigenvalue weighted by Gasteiger charge is 2.34. The number of amides is 1. The van der Waals surface area contributed by atoms with Gasteiger partial charge in [-0.25, -0.2) is 0 Å². The van der Waals surface area contributed by atoms with Gasteiger partial charge in [0.1, 0.15) is 23.6 Å². The Morgan fingerprint density at radius 1 is 1.07 bits per heavy atom. The van der Waals surface area contributed by atoms with Crippen molar-refractivity contribution in [3.8, 4) is 17.6 Å². The van der Waals surface area contributed by atoms with E-state index in [4.69, 9.17) is 10.00 Å². The second-order valence-corrected chi connectivity index (χ2v) is 6.17. The van der Waals surface area contributed by atoms with Gasteiger partial charge in [-0.1, -0.05) is 6.07 Å². The molecule has 0 spiro atoms. The van der Waals surface area contributed by atoms with Gasteiger partial charge in [-0.2, -0.15) is 18.4 Å². The summed E-state index contributed by atoms with van der Waals surface area (Å²) in [6.07, 6.45) is -3.68. The fourth-order valence-electron chi connectivity index (χ4n) is 2.60. The number of carbonyl (C=O) groups excluding carboxylic acids is 1. The molecule has 0 saturated carbocycles. The average Bonchev–Trinajstić information content (AvgIpc) is 2.70. The number of nitrogens with zero attached hydrogens (tertiary/aromatic N) is 2. The molecule has 0 aliphatic rings. The number of halogens is 3. The van der Waals surface area contributed by atoms with E-state index in [1.165, 1.54) is 12.1 Å². The molecule has 1 amide bonds. The van der Waals surface area contributed by atoms with E-state index in [-0.39, 0.29) is 0 Å². The number of nitrogens with one attached hydrogen (secondary N) is 1. The number of benzene rings is 2. The summed E-state index contributed by atoms with van der Waals surface area (Å²) < 4.78 is 44.7. The van der Waals surface area contributed by atoms with Crippen LogP contribution in [0.25, 0.3) is 0 Å². The van der Waals surface area contributed by atoms with Gasteiger partial charge in [0.2, 0.25) is 5.91 Å². The van der Waals surface area contributed by atoms with Crippen LogP contribution in [0.4, 0.5) is 18.9 Å². The van der Waals surface area contributed by atoms with Crippen LogP contribution in [0.5, 0.6) is 11.5 Å². The molecule has 152 valence electrons. The van der Waals surface area contributed by atoms with Crippen molar-refractivity contribution in [3.05, 3.63) is 88.3 Å². The smallest absolute Gasteiger partial charge is 0.421 e. The number of rotatable bonds is 5. The minimum absolute atomic E-state index is 0.373. The summed E-state index contributed by atoms with van der Waals surface area (Å²) >= 11 is 0. The van der Waals surface area contributed by atoms with Crippen molar-refractivity contribution < 1.29 is 22.7 Å². The highest BCUT2D eigenvalue weighted by atomic mass is 19.4. The molecular formula is C21H14F3N3O3. The van der Waals surface area contributed by atoms with Crippen LogP contribution in [0.1, 0.15) is 11.1 Å². The molecule has 1 N–H and O–H groups in total. The van der Waals surface area contributed by atoms with Crippen molar-refractivity contribution in [2.45, 2.75) is 12.7 Å². The first-order valence-electron chi connectivity index (χ1n) is 8.61. The molecule has 0 saturated heterocycles. The molecule has 0 radical (unpaired) electrons. The zero-order valence-corrected chi connectivity index (χ0v) is 15.3. The van der Waals surface area contributed by atoms with Crippen molar-refractivity contribution in [1.29, 1.82) is 5.26 Å². The summed E-state index contributed by atoms with van der Waals surface area (Å²) in [5.41, 5.74) is -1.80. The van der Waals surface area contributed by atoms with E-state index < -0.39 is 29.8 Å². The van der Waals surface area contributed by atoms with Gasteiger partial charge in [0.05, 0.1) is 11.6 Å². The molecule has 30 heavy (non-hydrogen) atoms. The number of carbonyl (C=O) groups is 1. The Morgan fingerprint density at radius 3 is 2.47 bits per heavy atom. The third-order valence-corrected chi connectivity index (χ3v) is 3.98. The fraction of sp³-hybridized carbons (Fsp3) is 0.0952. The highest BCUT2D eigenvalue weighted by molar-refractivity contribution is 5.90. The summed E-state index contributed by atoms with van der Waals surface area (Å²) in [5.74, 6) is 0.263. The molecule has 0 bridgehead atoms. The molecule has 0 fully saturated rings. The Hall–Kier alpha value is -4.06. The van der Waals surface area contributed by atoms with Crippen LogP contribution in [-0.4, -0.2) is 10.5 Å². The zero-order valence-electron chi connectivity index (χ0n) is 15.3. The molecule has 9 heteroatoms. The topological polar surface area (TPSA) is 84.1 Å². The van der Waals surface area contributed by atoms with Gasteiger partial charge in [0.25, 0.3) is 5.56 Å². The maximum Gasteiger partial charge on any atom is 0.421 e. The number of ether oxygens (including phenoxy) is 1. The maximum absolute atomic E-state index is 12.8. The molecular weight excluding hydrogens is 399 g/mol. The van der Waals surface area contributed by atoms with Gasteiger partial charge in [0, 0.05) is 11.9 Å². The summed E-state index contributed by atoms with van der Waals surface area (Å²) in [5, 5.41) is 11.4. The third-order valence-electron chi connectivity index (χ3n) is 3.98. The van der Waals surface area contributed by atoms with Crippen LogP contribution in [0, 0.1) is 11.3 Å². The number of alkyl halides is 3. The first-order chi connectivity index (χ1) is 14.3. The first kappa shape index (κ1) is 20.7. The van der Waals surface area contributed by atoms with Gasteiger partial charge in [-0.05, 0) is 54.6 Å². The van der Waals surface area contributed by atoms with Gasteiger partial charge in [-0.15, -0.1) is 0 Å². The number of aromatic nitrogens is 1. The van der Waals surface area contributed by atoms with Crippen molar-refractivity contribution in [1.82, 2.24) is 4.57 Å². The lowest BCUT2D eigenvalue weighted by Crippen LogP contribution is -2.31. The molecule has 0 aliphatic carbocycles. The van der Waals surface area contributed by atoms with Gasteiger partial charge >= 0.3 is 6.18 Å². The second kappa shape index (κ2) is 8.53. The molecule has 0 aliphatic heterocycles. The number of hydrogen-bond donors (Lipinski definition) is 1. The number of hydrogen-bond acceptors (Lipinski definition) is 4. The van der Waals surface area contributed by atoms with E-state index in [1.54, 1.807) is 36.4 Å². The number of pyridine rings is 1. The molecule has 6 nitrogen and oxygen atoms in total. The van der Waals surface area contributed by atoms with Crippen LogP contribution >= 0.6 is 0 Å². The minimum atomic E-state index is -4.79. The molecule has 1 heterocycles. The molecule has 3 rings (SSSR count). The Kier molecular flexibility index (Phi) is 5.88. The van der Waals surface area contributed by atoms with Gasteiger partial charge in [0.15, 0.2) is 0 Å². The largest absolute Gasteiger partial charge is 0.457 e. The lowest BCUT2D eigenvalue weighted by Gasteiger charge is -2.11. The summed E-state index contributed by atoms with van der Waals surface area (Å²) in [6, 6.07) is 16.5. The van der Waals surface area contributed by atoms with Gasteiger partial charge in [-0.3, -0.25) is 9.59 Å². The Balaban J connectivity index is 1.65. The monoisotopic (exact) mass is 413 g/mol. The molecule has 0 atom stereocenters. The second-order valence-electron chi connectivity index (χ2n) is 6.17. The predicted molar refractivity (Wildman–Crippen MR) is 102 cm³/mol. The van der Waals surface area contributed by atoms with E-state index in [1.807, 2.05) is 6.07 Å². The lowest BCUT2D eigenvalue weighted by molar-refractivity contribution is -0.139. The molecule has 0 unspecified atom stereocenters. The summed E-state index contributed by atoms with van der Waals surface area (Å²) in [6.45, 7) is -0.568. The normalized spacial score (nSPS) is 10.9. The van der Waals surface area contributed by atoms with Crippen LogP contribution < -0.4 is 15.6 Å². The third kappa shape index (κ3) is 5.05. The molecule has 1 aromatic heterocycles. The van der Waals surface area contributed by atoms with E-state index in [9.17, 15) is 22.8 Å². The van der Waals surface area contributed by atoms with Crippen LogP contribution in [0.15, 0.2) is 71.7 Å². The zero-order chi connectivity index (χ0) is 21.7. The number of anilines is 1. The quantitative estimate of drug-likeness (QED) is 0.681. The number of nitriles is 1. The Morgan fingerprint density at radius 2 is 1.80 bits per heavy atom. The minimum Gasteiger partial charge on any atom is -0.457 e. The van der Waals surface area contributed by atoms with E-state index in [0.717, 1.165) is 12.3 Å². The lowest BCUT2D eigenvalue weighted by atomic mass is 10.2. The standard InChI is InChI=1S/C21H14F3N3O3/c22-21(23,24)18-5-2-10-27(20(18)29)13-19(28)26-15-6-8-16(9-7-15)30-17-4-1-3-14(11-17)12-25/h1-11H,13H2,(H,26,28). The van der Waals surface area contributed by atoms with Crippen molar-refractivity contribution in [2.75, 3.05) is 5.32 Å². The predicted octanol–water partition coefficient (Wildman–Crippen LogP) is 4.17. The highest BCUT2D eigenvalue weighted by Crippen LogP contribution is 2.26. The Labute approximate surface area is 168 Å². The maximum atomic E-state index is 12.8.